The molecule has 0 aliphatic carbocycles. The number of rotatable bonds is 3. The number of carbonyl (C=O) groups is 1. The molecule has 0 saturated carbocycles. The predicted octanol–water partition coefficient (Wildman–Crippen LogP) is 2.76. The van der Waals surface area contributed by atoms with Crippen LogP contribution in [0.15, 0.2) is 33.5 Å². The number of amides is 1. The number of nitrogens with zero attached hydrogens (tertiary/aromatic N) is 3. The van der Waals surface area contributed by atoms with Crippen LogP contribution in [0.2, 0.25) is 0 Å². The molecular weight excluding hydrogens is 384 g/mol. The average molecular weight is 407 g/mol. The van der Waals surface area contributed by atoms with Gasteiger partial charge in [-0.15, -0.1) is 0 Å². The summed E-state index contributed by atoms with van der Waals surface area (Å²) in [6, 6.07) is 7.57. The van der Waals surface area contributed by atoms with E-state index < -0.39 is 0 Å². The van der Waals surface area contributed by atoms with Crippen LogP contribution in [0, 0.1) is 11.3 Å². The maximum Gasteiger partial charge on any atom is 0.347 e. The van der Waals surface area contributed by atoms with Crippen molar-refractivity contribution in [1.29, 1.82) is 0 Å². The summed E-state index contributed by atoms with van der Waals surface area (Å²) in [6.07, 6.45) is 1.60. The fourth-order valence-corrected chi connectivity index (χ4v) is 3.50. The molecule has 0 spiro atoms. The van der Waals surface area contributed by atoms with Gasteiger partial charge >= 0.3 is 5.69 Å². The lowest BCUT2D eigenvalue weighted by Gasteiger charge is -2.25. The van der Waals surface area contributed by atoms with E-state index in [1.165, 1.54) is 0 Å². The highest BCUT2D eigenvalue weighted by Gasteiger charge is 2.33. The highest BCUT2D eigenvalue weighted by Crippen LogP contribution is 2.26. The van der Waals surface area contributed by atoms with Crippen molar-refractivity contribution >= 4 is 21.8 Å². The number of likely N-dealkylation sites (tertiary alicyclic amines) is 1. The molecule has 1 aliphatic rings. The largest absolute Gasteiger partial charge is 0.347 e. The first-order valence-corrected chi connectivity index (χ1v) is 9.26. The zero-order valence-corrected chi connectivity index (χ0v) is 16.3. The van der Waals surface area contributed by atoms with Gasteiger partial charge in [-0.2, -0.15) is 5.10 Å². The van der Waals surface area contributed by atoms with Gasteiger partial charge in [0.2, 0.25) is 5.91 Å². The number of carbonyl (C=O) groups excluding carboxylic acids is 1. The first kappa shape index (κ1) is 17.9. The normalized spacial score (nSPS) is 17.9. The van der Waals surface area contributed by atoms with E-state index in [-0.39, 0.29) is 17.0 Å². The fourth-order valence-electron chi connectivity index (χ4n) is 3.24. The van der Waals surface area contributed by atoms with E-state index in [0.29, 0.717) is 18.2 Å². The molecule has 3 rings (SSSR count). The molecule has 7 heteroatoms. The Kier molecular flexibility index (Phi) is 4.86. The third-order valence-electron chi connectivity index (χ3n) is 4.51. The van der Waals surface area contributed by atoms with Crippen molar-refractivity contribution in [2.75, 3.05) is 13.1 Å². The fraction of sp³-hybridized carbons (Fsp3) is 0.500. The number of aromatic nitrogens is 3. The molecule has 1 aromatic heterocycles. The summed E-state index contributed by atoms with van der Waals surface area (Å²) >= 11 is 3.40. The minimum atomic E-state index is -0.360. The Labute approximate surface area is 155 Å². The van der Waals surface area contributed by atoms with Crippen LogP contribution < -0.4 is 5.69 Å². The number of aromatic amines is 1. The highest BCUT2D eigenvalue weighted by atomic mass is 79.9. The molecular formula is C18H23BrN4O2. The molecule has 2 aromatic rings. The van der Waals surface area contributed by atoms with Gasteiger partial charge < -0.3 is 4.90 Å². The Morgan fingerprint density at radius 2 is 2.00 bits per heavy atom. The minimum Gasteiger partial charge on any atom is -0.342 e. The molecule has 1 N–H and O–H groups in total. The summed E-state index contributed by atoms with van der Waals surface area (Å²) in [4.78, 5) is 26.5. The molecule has 1 aliphatic heterocycles. The Bertz CT molecular complexity index is 817. The lowest BCUT2D eigenvalue weighted by Crippen LogP contribution is -2.38. The Morgan fingerprint density at radius 3 is 2.64 bits per heavy atom. The van der Waals surface area contributed by atoms with Gasteiger partial charge in [-0.1, -0.05) is 36.7 Å². The van der Waals surface area contributed by atoms with Crippen molar-refractivity contribution in [1.82, 2.24) is 19.7 Å². The minimum absolute atomic E-state index is 0.183. The van der Waals surface area contributed by atoms with Crippen LogP contribution in [0.4, 0.5) is 0 Å². The third kappa shape index (κ3) is 3.86. The molecule has 6 nitrogen and oxygen atoms in total. The summed E-state index contributed by atoms with van der Waals surface area (Å²) in [7, 11) is 0. The first-order chi connectivity index (χ1) is 11.8. The van der Waals surface area contributed by atoms with E-state index in [9.17, 15) is 9.59 Å². The second-order valence-electron chi connectivity index (χ2n) is 7.62. The molecule has 1 atom stereocenters. The number of hydrogen-bond donors (Lipinski definition) is 1. The van der Waals surface area contributed by atoms with Crippen molar-refractivity contribution in [3.63, 3.8) is 0 Å². The van der Waals surface area contributed by atoms with Gasteiger partial charge in [0.25, 0.3) is 0 Å². The Morgan fingerprint density at radius 1 is 1.32 bits per heavy atom. The van der Waals surface area contributed by atoms with E-state index in [0.717, 1.165) is 29.7 Å². The van der Waals surface area contributed by atoms with Crippen molar-refractivity contribution in [3.8, 4) is 5.69 Å². The molecule has 134 valence electrons. The predicted molar refractivity (Wildman–Crippen MR) is 99.7 cm³/mol. The molecule has 1 unspecified atom stereocenters. The number of halogens is 1. The summed E-state index contributed by atoms with van der Waals surface area (Å²) in [6.45, 7) is 7.33. The number of H-pyrrole nitrogens is 1. The summed E-state index contributed by atoms with van der Waals surface area (Å²) < 4.78 is 2.57. The van der Waals surface area contributed by atoms with Gasteiger partial charge in [-0.3, -0.25) is 4.79 Å². The maximum atomic E-state index is 12.4. The molecule has 25 heavy (non-hydrogen) atoms. The van der Waals surface area contributed by atoms with E-state index in [1.54, 1.807) is 4.57 Å². The smallest absolute Gasteiger partial charge is 0.342 e. The first-order valence-electron chi connectivity index (χ1n) is 8.47. The van der Waals surface area contributed by atoms with Crippen LogP contribution in [0.5, 0.6) is 0 Å². The average Bonchev–Trinajstić information content (AvgIpc) is 3.14. The van der Waals surface area contributed by atoms with Crippen molar-refractivity contribution in [2.45, 2.75) is 33.6 Å². The molecule has 2 heterocycles. The lowest BCUT2D eigenvalue weighted by atomic mass is 9.95. The van der Waals surface area contributed by atoms with Crippen LogP contribution in [0.25, 0.3) is 5.69 Å². The standard InChI is InChI=1S/C18H23BrN4O2/c1-18(2,3)16(24)22-9-8-12(11-22)10-15-20-21-17(25)23(15)14-6-4-13(19)5-7-14/h4-7,12H,8-11H2,1-3H3,(H,21,25). The van der Waals surface area contributed by atoms with E-state index in [2.05, 4.69) is 26.1 Å². The quantitative estimate of drug-likeness (QED) is 0.851. The number of nitrogens with one attached hydrogen (secondary N) is 1. The van der Waals surface area contributed by atoms with Crippen LogP contribution in [0.1, 0.15) is 33.0 Å². The van der Waals surface area contributed by atoms with Crippen molar-refractivity contribution < 1.29 is 4.79 Å². The maximum absolute atomic E-state index is 12.4. The van der Waals surface area contributed by atoms with Crippen LogP contribution in [-0.2, 0) is 11.2 Å². The van der Waals surface area contributed by atoms with Crippen LogP contribution in [0.3, 0.4) is 0 Å². The van der Waals surface area contributed by atoms with Gasteiger partial charge in [-0.25, -0.2) is 14.5 Å². The van der Waals surface area contributed by atoms with E-state index >= 15 is 0 Å². The van der Waals surface area contributed by atoms with Gasteiger partial charge in [0.05, 0.1) is 5.69 Å². The van der Waals surface area contributed by atoms with E-state index in [4.69, 9.17) is 0 Å². The molecule has 1 saturated heterocycles. The molecule has 0 radical (unpaired) electrons. The summed E-state index contributed by atoms with van der Waals surface area (Å²) in [5.41, 5.74) is 0.191. The zero-order valence-electron chi connectivity index (χ0n) is 14.8. The molecule has 1 fully saturated rings. The molecule has 1 aromatic carbocycles. The van der Waals surface area contributed by atoms with Crippen molar-refractivity contribution in [2.24, 2.45) is 11.3 Å². The molecule has 0 bridgehead atoms. The van der Waals surface area contributed by atoms with Gasteiger partial charge in [-0.05, 0) is 36.6 Å². The van der Waals surface area contributed by atoms with Crippen molar-refractivity contribution in [3.05, 3.63) is 45.0 Å². The summed E-state index contributed by atoms with van der Waals surface area (Å²) in [5.74, 6) is 1.21. The summed E-state index contributed by atoms with van der Waals surface area (Å²) in [5, 5.41) is 6.75. The SMILES string of the molecule is CC(C)(C)C(=O)N1CCC(Cc2n[nH]c(=O)n2-c2ccc(Br)cc2)C1. The van der Waals surface area contributed by atoms with Gasteiger partial charge in [0.15, 0.2) is 0 Å². The number of benzene rings is 1. The second kappa shape index (κ2) is 6.78. The van der Waals surface area contributed by atoms with Crippen LogP contribution in [-0.4, -0.2) is 38.7 Å². The number of hydrogen-bond acceptors (Lipinski definition) is 3. The lowest BCUT2D eigenvalue weighted by molar-refractivity contribution is -0.138. The van der Waals surface area contributed by atoms with Gasteiger partial charge in [0.1, 0.15) is 5.82 Å². The van der Waals surface area contributed by atoms with Crippen LogP contribution >= 0.6 is 15.9 Å². The van der Waals surface area contributed by atoms with E-state index in [1.807, 2.05) is 49.9 Å². The Hall–Kier alpha value is -1.89. The molecule has 1 amide bonds. The van der Waals surface area contributed by atoms with Gasteiger partial charge in [0, 0.05) is 29.4 Å². The zero-order chi connectivity index (χ0) is 18.2. The third-order valence-corrected chi connectivity index (χ3v) is 5.04. The second-order valence-corrected chi connectivity index (χ2v) is 8.53. The topological polar surface area (TPSA) is 71.0 Å². The highest BCUT2D eigenvalue weighted by molar-refractivity contribution is 9.10. The monoisotopic (exact) mass is 406 g/mol. The Balaban J connectivity index is 1.76.